The van der Waals surface area contributed by atoms with Gasteiger partial charge in [-0.25, -0.2) is 0 Å². The van der Waals surface area contributed by atoms with Crippen molar-refractivity contribution < 1.29 is 4.74 Å². The molecule has 2 N–H and O–H groups in total. The molecule has 4 unspecified atom stereocenters. The van der Waals surface area contributed by atoms with Crippen LogP contribution in [0.15, 0.2) is 30.3 Å². The van der Waals surface area contributed by atoms with Crippen LogP contribution < -0.4 is 15.5 Å². The highest BCUT2D eigenvalue weighted by molar-refractivity contribution is 5.85. The quantitative estimate of drug-likeness (QED) is 0.756. The van der Waals surface area contributed by atoms with Crippen molar-refractivity contribution in [2.24, 2.45) is 5.92 Å². The summed E-state index contributed by atoms with van der Waals surface area (Å²) in [4.78, 5) is 5.16. The Morgan fingerprint density at radius 2 is 1.93 bits per heavy atom. The molecule has 2 saturated heterocycles. The van der Waals surface area contributed by atoms with Crippen molar-refractivity contribution >= 4 is 18.1 Å². The summed E-state index contributed by atoms with van der Waals surface area (Å²) in [5.74, 6) is 0.729. The average molecular weight is 409 g/mol. The van der Waals surface area contributed by atoms with Gasteiger partial charge in [0.1, 0.15) is 0 Å². The van der Waals surface area contributed by atoms with E-state index >= 15 is 0 Å². The first-order valence-corrected chi connectivity index (χ1v) is 10.9. The first-order valence-electron chi connectivity index (χ1n) is 10.9. The topological polar surface area (TPSA) is 39.8 Å². The number of piperazine rings is 1. The molecule has 6 heteroatoms. The first kappa shape index (κ1) is 21.8. The van der Waals surface area contributed by atoms with Gasteiger partial charge in [-0.15, -0.1) is 12.4 Å². The Labute approximate surface area is 176 Å². The smallest absolute Gasteiger partial charge is 0.0623 e. The van der Waals surface area contributed by atoms with E-state index in [1.807, 2.05) is 0 Å². The van der Waals surface area contributed by atoms with Crippen molar-refractivity contribution in [3.05, 3.63) is 30.3 Å². The van der Waals surface area contributed by atoms with Crippen LogP contribution in [0.1, 0.15) is 26.2 Å². The molecule has 4 atom stereocenters. The van der Waals surface area contributed by atoms with Crippen LogP contribution in [-0.2, 0) is 4.74 Å². The lowest BCUT2D eigenvalue weighted by molar-refractivity contribution is 0.0519. The molecule has 1 aliphatic carbocycles. The van der Waals surface area contributed by atoms with Gasteiger partial charge in [-0.2, -0.15) is 0 Å². The van der Waals surface area contributed by atoms with E-state index in [-0.39, 0.29) is 12.4 Å². The summed E-state index contributed by atoms with van der Waals surface area (Å²) in [6.07, 6.45) is 4.00. The van der Waals surface area contributed by atoms with Crippen LogP contribution >= 0.6 is 12.4 Å². The zero-order chi connectivity index (χ0) is 18.5. The van der Waals surface area contributed by atoms with Crippen molar-refractivity contribution in [3.8, 4) is 0 Å². The van der Waals surface area contributed by atoms with Crippen molar-refractivity contribution in [2.45, 2.75) is 44.3 Å². The van der Waals surface area contributed by atoms with Gasteiger partial charge in [0, 0.05) is 63.1 Å². The lowest BCUT2D eigenvalue weighted by Gasteiger charge is -2.40. The van der Waals surface area contributed by atoms with Crippen LogP contribution in [0, 0.1) is 5.92 Å². The van der Waals surface area contributed by atoms with Gasteiger partial charge in [-0.1, -0.05) is 24.6 Å². The number of ether oxygens (including phenoxy) is 1. The zero-order valence-corrected chi connectivity index (χ0v) is 18.0. The van der Waals surface area contributed by atoms with E-state index in [0.717, 1.165) is 58.4 Å². The molecule has 4 rings (SSSR count). The fourth-order valence-corrected chi connectivity index (χ4v) is 5.10. The number of hydrogen-bond acceptors (Lipinski definition) is 5. The molecule has 28 heavy (non-hydrogen) atoms. The average Bonchev–Trinajstić information content (AvgIpc) is 3.22. The molecule has 1 aromatic carbocycles. The van der Waals surface area contributed by atoms with Gasteiger partial charge in [-0.05, 0) is 37.8 Å². The fraction of sp³-hybridized carbons (Fsp3) is 0.727. The van der Waals surface area contributed by atoms with E-state index in [1.165, 1.54) is 24.9 Å². The Kier molecular flexibility index (Phi) is 8.42. The van der Waals surface area contributed by atoms with Crippen molar-refractivity contribution in [3.63, 3.8) is 0 Å². The van der Waals surface area contributed by atoms with Crippen LogP contribution in [0.4, 0.5) is 5.69 Å². The number of nitrogens with zero attached hydrogens (tertiary/aromatic N) is 2. The molecule has 3 aliphatic rings. The minimum atomic E-state index is 0. The minimum absolute atomic E-state index is 0. The van der Waals surface area contributed by atoms with Gasteiger partial charge >= 0.3 is 0 Å². The van der Waals surface area contributed by atoms with Crippen molar-refractivity contribution in [1.82, 2.24) is 15.5 Å². The third-order valence-corrected chi connectivity index (χ3v) is 6.77. The summed E-state index contributed by atoms with van der Waals surface area (Å²) in [6, 6.07) is 12.6. The molecule has 2 heterocycles. The lowest BCUT2D eigenvalue weighted by atomic mass is 9.94. The van der Waals surface area contributed by atoms with Crippen molar-refractivity contribution in [2.75, 3.05) is 57.4 Å². The number of para-hydroxylation sites is 1. The van der Waals surface area contributed by atoms with Crippen LogP contribution in [0.3, 0.4) is 0 Å². The van der Waals surface area contributed by atoms with Gasteiger partial charge < -0.3 is 20.3 Å². The van der Waals surface area contributed by atoms with Crippen molar-refractivity contribution in [1.29, 1.82) is 0 Å². The summed E-state index contributed by atoms with van der Waals surface area (Å²) < 4.78 is 5.71. The SMILES string of the molecule is CC(CNC1CCCC1C1COCCN1)N1CCN(c2ccccc2)CC1.Cl. The zero-order valence-electron chi connectivity index (χ0n) is 17.2. The molecule has 0 amide bonds. The molecule has 5 nitrogen and oxygen atoms in total. The van der Waals surface area contributed by atoms with Gasteiger partial charge in [-0.3, -0.25) is 4.90 Å². The third-order valence-electron chi connectivity index (χ3n) is 6.77. The lowest BCUT2D eigenvalue weighted by Crippen LogP contribution is -2.54. The number of hydrogen-bond donors (Lipinski definition) is 2. The minimum Gasteiger partial charge on any atom is -0.379 e. The Bertz CT molecular complexity index is 561. The molecule has 0 spiro atoms. The molecule has 1 saturated carbocycles. The van der Waals surface area contributed by atoms with Crippen LogP contribution in [0.25, 0.3) is 0 Å². The van der Waals surface area contributed by atoms with E-state index < -0.39 is 0 Å². The summed E-state index contributed by atoms with van der Waals surface area (Å²) in [5.41, 5.74) is 1.36. The highest BCUT2D eigenvalue weighted by atomic mass is 35.5. The predicted molar refractivity (Wildman–Crippen MR) is 119 cm³/mol. The maximum Gasteiger partial charge on any atom is 0.0623 e. The second-order valence-corrected chi connectivity index (χ2v) is 8.45. The number of halogens is 1. The highest BCUT2D eigenvalue weighted by Crippen LogP contribution is 2.29. The molecule has 0 aromatic heterocycles. The second kappa shape index (κ2) is 10.8. The Hall–Kier alpha value is -0.850. The van der Waals surface area contributed by atoms with Gasteiger partial charge in [0.25, 0.3) is 0 Å². The molecular formula is C22H37ClN4O. The van der Waals surface area contributed by atoms with E-state index in [1.54, 1.807) is 0 Å². The van der Waals surface area contributed by atoms with E-state index in [0.29, 0.717) is 18.1 Å². The Morgan fingerprint density at radius 3 is 2.64 bits per heavy atom. The summed E-state index contributed by atoms with van der Waals surface area (Å²) in [5, 5.41) is 7.60. The van der Waals surface area contributed by atoms with E-state index in [9.17, 15) is 0 Å². The molecule has 3 fully saturated rings. The van der Waals surface area contributed by atoms with E-state index in [2.05, 4.69) is 57.7 Å². The third kappa shape index (κ3) is 5.39. The normalized spacial score (nSPS) is 30.0. The van der Waals surface area contributed by atoms with Crippen LogP contribution in [0.2, 0.25) is 0 Å². The Balaban J connectivity index is 0.00000225. The number of rotatable bonds is 6. The maximum atomic E-state index is 5.71. The van der Waals surface area contributed by atoms with E-state index in [4.69, 9.17) is 4.74 Å². The largest absolute Gasteiger partial charge is 0.379 e. The van der Waals surface area contributed by atoms with Gasteiger partial charge in [0.15, 0.2) is 0 Å². The summed E-state index contributed by atoms with van der Waals surface area (Å²) in [6.45, 7) is 10.8. The molecule has 1 aromatic rings. The molecular weight excluding hydrogens is 372 g/mol. The molecule has 158 valence electrons. The predicted octanol–water partition coefficient (Wildman–Crippen LogP) is 2.37. The standard InChI is InChI=1S/C22H36N4O.ClH/c1-18(25-11-13-26(14-12-25)19-6-3-2-4-7-19)16-24-21-9-5-8-20(21)22-17-27-15-10-23-22;/h2-4,6-7,18,20-24H,5,8-17H2,1H3;1H. The number of morpholine rings is 1. The molecule has 2 aliphatic heterocycles. The van der Waals surface area contributed by atoms with Crippen LogP contribution in [0.5, 0.6) is 0 Å². The number of nitrogens with one attached hydrogen (secondary N) is 2. The second-order valence-electron chi connectivity index (χ2n) is 8.45. The summed E-state index contributed by atoms with van der Waals surface area (Å²) in [7, 11) is 0. The first-order chi connectivity index (χ1) is 13.3. The number of anilines is 1. The summed E-state index contributed by atoms with van der Waals surface area (Å²) >= 11 is 0. The van der Waals surface area contributed by atoms with Crippen LogP contribution in [-0.4, -0.2) is 75.5 Å². The fourth-order valence-electron chi connectivity index (χ4n) is 5.10. The maximum absolute atomic E-state index is 5.71. The molecule has 0 bridgehead atoms. The molecule has 0 radical (unpaired) electrons. The van der Waals surface area contributed by atoms with Gasteiger partial charge in [0.05, 0.1) is 13.2 Å². The Morgan fingerprint density at radius 1 is 1.14 bits per heavy atom. The highest BCUT2D eigenvalue weighted by Gasteiger charge is 2.34. The monoisotopic (exact) mass is 408 g/mol. The number of benzene rings is 1. The van der Waals surface area contributed by atoms with Gasteiger partial charge in [0.2, 0.25) is 0 Å².